The minimum atomic E-state index is 0.658. The van der Waals surface area contributed by atoms with Gasteiger partial charge in [0.05, 0.1) is 17.8 Å². The number of nitrogens with one attached hydrogen (secondary N) is 1. The van der Waals surface area contributed by atoms with Crippen molar-refractivity contribution in [3.05, 3.63) is 47.9 Å². The lowest BCUT2D eigenvalue weighted by molar-refractivity contribution is 0.419. The second-order valence-corrected chi connectivity index (χ2v) is 3.08. The molecule has 0 radical (unpaired) electrons. The van der Waals surface area contributed by atoms with E-state index in [1.807, 2.05) is 12.1 Å². The van der Waals surface area contributed by atoms with Crippen LogP contribution in [-0.2, 0) is 6.54 Å². The molecule has 0 aliphatic rings. The number of nitriles is 1. The fourth-order valence-electron chi connectivity index (χ4n) is 1.18. The van der Waals surface area contributed by atoms with Gasteiger partial charge in [-0.15, -0.1) is 0 Å². The average Bonchev–Trinajstić information content (AvgIpc) is 2.80. The summed E-state index contributed by atoms with van der Waals surface area (Å²) in [6.07, 6.45) is 3.26. The molecule has 4 nitrogen and oxygen atoms in total. The Balaban J connectivity index is 1.97. The Labute approximate surface area is 87.1 Å². The van der Waals surface area contributed by atoms with Crippen LogP contribution in [0.1, 0.15) is 11.1 Å². The minimum Gasteiger partial charge on any atom is -0.381 e. The van der Waals surface area contributed by atoms with Crippen LogP contribution in [-0.4, -0.2) is 5.16 Å². The van der Waals surface area contributed by atoms with E-state index in [0.717, 1.165) is 11.3 Å². The highest BCUT2D eigenvalue weighted by molar-refractivity contribution is 5.47. The van der Waals surface area contributed by atoms with Crippen molar-refractivity contribution in [3.8, 4) is 6.07 Å². The van der Waals surface area contributed by atoms with Gasteiger partial charge in [-0.2, -0.15) is 5.26 Å². The fourth-order valence-corrected chi connectivity index (χ4v) is 1.18. The third-order valence-electron chi connectivity index (χ3n) is 1.99. The van der Waals surface area contributed by atoms with E-state index in [-0.39, 0.29) is 0 Å². The molecule has 0 atom stereocenters. The smallest absolute Gasteiger partial charge is 0.128 e. The molecule has 0 saturated carbocycles. The van der Waals surface area contributed by atoms with Crippen molar-refractivity contribution in [1.29, 1.82) is 5.26 Å². The summed E-state index contributed by atoms with van der Waals surface area (Å²) in [5.41, 5.74) is 2.61. The molecule has 0 spiro atoms. The summed E-state index contributed by atoms with van der Waals surface area (Å²) in [6, 6.07) is 9.35. The molecule has 0 saturated heterocycles. The minimum absolute atomic E-state index is 0.658. The first-order valence-corrected chi connectivity index (χ1v) is 4.51. The van der Waals surface area contributed by atoms with Crippen LogP contribution in [0.4, 0.5) is 5.69 Å². The summed E-state index contributed by atoms with van der Waals surface area (Å²) < 4.78 is 4.71. The van der Waals surface area contributed by atoms with Crippen LogP contribution in [0.2, 0.25) is 0 Å². The molecule has 4 heteroatoms. The normalized spacial score (nSPS) is 9.53. The van der Waals surface area contributed by atoms with E-state index in [9.17, 15) is 0 Å². The monoisotopic (exact) mass is 199 g/mol. The van der Waals surface area contributed by atoms with Gasteiger partial charge in [-0.25, -0.2) is 0 Å². The topological polar surface area (TPSA) is 61.9 Å². The number of aromatic nitrogens is 1. The maximum absolute atomic E-state index is 8.62. The molecule has 74 valence electrons. The Kier molecular flexibility index (Phi) is 2.65. The number of benzene rings is 1. The quantitative estimate of drug-likeness (QED) is 0.822. The van der Waals surface area contributed by atoms with Crippen molar-refractivity contribution in [3.63, 3.8) is 0 Å². The molecular formula is C11H9N3O. The number of anilines is 1. The molecule has 1 aromatic carbocycles. The van der Waals surface area contributed by atoms with Crippen molar-refractivity contribution in [2.45, 2.75) is 6.54 Å². The van der Waals surface area contributed by atoms with Crippen molar-refractivity contribution >= 4 is 5.69 Å². The van der Waals surface area contributed by atoms with Crippen LogP contribution in [0.15, 0.2) is 41.2 Å². The molecule has 0 aliphatic heterocycles. The highest BCUT2D eigenvalue weighted by Crippen LogP contribution is 2.10. The zero-order valence-electron chi connectivity index (χ0n) is 7.97. The molecule has 2 aromatic rings. The second-order valence-electron chi connectivity index (χ2n) is 3.08. The number of hydrogen-bond donors (Lipinski definition) is 1. The van der Waals surface area contributed by atoms with Crippen LogP contribution in [0.25, 0.3) is 0 Å². The predicted molar refractivity (Wildman–Crippen MR) is 55.0 cm³/mol. The zero-order chi connectivity index (χ0) is 10.5. The molecule has 0 aliphatic carbocycles. The highest BCUT2D eigenvalue weighted by atomic mass is 16.5. The number of hydrogen-bond acceptors (Lipinski definition) is 4. The Morgan fingerprint density at radius 1 is 1.33 bits per heavy atom. The van der Waals surface area contributed by atoms with E-state index in [2.05, 4.69) is 16.5 Å². The van der Waals surface area contributed by atoms with E-state index < -0.39 is 0 Å². The van der Waals surface area contributed by atoms with Gasteiger partial charge < -0.3 is 9.84 Å². The Morgan fingerprint density at radius 3 is 2.73 bits per heavy atom. The first-order chi connectivity index (χ1) is 7.38. The van der Waals surface area contributed by atoms with E-state index >= 15 is 0 Å². The Bertz CT molecular complexity index is 454. The zero-order valence-corrected chi connectivity index (χ0v) is 7.97. The van der Waals surface area contributed by atoms with Crippen molar-refractivity contribution in [2.75, 3.05) is 5.32 Å². The first kappa shape index (κ1) is 9.28. The lowest BCUT2D eigenvalue weighted by atomic mass is 10.2. The molecular weight excluding hydrogens is 190 g/mol. The maximum atomic E-state index is 8.62. The van der Waals surface area contributed by atoms with Gasteiger partial charge in [0.15, 0.2) is 0 Å². The third kappa shape index (κ3) is 2.35. The lowest BCUT2D eigenvalue weighted by Crippen LogP contribution is -1.97. The summed E-state index contributed by atoms with van der Waals surface area (Å²) in [5.74, 6) is 0. The van der Waals surface area contributed by atoms with Crippen molar-refractivity contribution < 1.29 is 4.52 Å². The average molecular weight is 199 g/mol. The van der Waals surface area contributed by atoms with Gasteiger partial charge in [0.2, 0.25) is 0 Å². The molecule has 15 heavy (non-hydrogen) atoms. The van der Waals surface area contributed by atoms with Gasteiger partial charge in [0.25, 0.3) is 0 Å². The van der Waals surface area contributed by atoms with Crippen LogP contribution >= 0.6 is 0 Å². The molecule has 0 unspecified atom stereocenters. The van der Waals surface area contributed by atoms with E-state index in [0.29, 0.717) is 12.1 Å². The molecule has 0 bridgehead atoms. The molecule has 1 N–H and O–H groups in total. The van der Waals surface area contributed by atoms with Gasteiger partial charge in [0, 0.05) is 17.8 Å². The first-order valence-electron chi connectivity index (χ1n) is 4.51. The number of nitrogens with zero attached hydrogens (tertiary/aromatic N) is 2. The molecule has 0 amide bonds. The SMILES string of the molecule is N#Cc1ccc(NCc2cnoc2)cc1. The fraction of sp³-hybridized carbons (Fsp3) is 0.0909. The van der Waals surface area contributed by atoms with Crippen LogP contribution < -0.4 is 5.32 Å². The Hall–Kier alpha value is -2.28. The van der Waals surface area contributed by atoms with Gasteiger partial charge in [-0.05, 0) is 24.3 Å². The predicted octanol–water partition coefficient (Wildman–Crippen LogP) is 2.16. The van der Waals surface area contributed by atoms with Gasteiger partial charge in [0.1, 0.15) is 6.26 Å². The van der Waals surface area contributed by atoms with Gasteiger partial charge in [-0.3, -0.25) is 0 Å². The van der Waals surface area contributed by atoms with Crippen molar-refractivity contribution in [1.82, 2.24) is 5.16 Å². The van der Waals surface area contributed by atoms with Gasteiger partial charge >= 0.3 is 0 Å². The van der Waals surface area contributed by atoms with Crippen LogP contribution in [0.3, 0.4) is 0 Å². The maximum Gasteiger partial charge on any atom is 0.128 e. The lowest BCUT2D eigenvalue weighted by Gasteiger charge is -2.03. The van der Waals surface area contributed by atoms with Crippen molar-refractivity contribution in [2.24, 2.45) is 0 Å². The summed E-state index contributed by atoms with van der Waals surface area (Å²) in [6.45, 7) is 0.662. The Morgan fingerprint density at radius 2 is 2.13 bits per heavy atom. The third-order valence-corrected chi connectivity index (χ3v) is 1.99. The van der Waals surface area contributed by atoms with Crippen LogP contribution in [0.5, 0.6) is 0 Å². The van der Waals surface area contributed by atoms with Crippen LogP contribution in [0, 0.1) is 11.3 Å². The molecule has 1 heterocycles. The highest BCUT2D eigenvalue weighted by Gasteiger charge is 1.96. The van der Waals surface area contributed by atoms with E-state index in [1.54, 1.807) is 24.6 Å². The van der Waals surface area contributed by atoms with E-state index in [1.165, 1.54) is 0 Å². The summed E-state index contributed by atoms with van der Waals surface area (Å²) in [4.78, 5) is 0. The molecule has 0 fully saturated rings. The van der Waals surface area contributed by atoms with E-state index in [4.69, 9.17) is 9.78 Å². The van der Waals surface area contributed by atoms with Gasteiger partial charge in [-0.1, -0.05) is 5.16 Å². The summed E-state index contributed by atoms with van der Waals surface area (Å²) in [5, 5.41) is 15.4. The standard InChI is InChI=1S/C11H9N3O/c12-5-9-1-3-11(4-2-9)13-6-10-7-14-15-8-10/h1-4,7-8,13H,6H2. The molecule has 2 rings (SSSR count). The summed E-state index contributed by atoms with van der Waals surface area (Å²) in [7, 11) is 0. The summed E-state index contributed by atoms with van der Waals surface area (Å²) >= 11 is 0. The molecule has 1 aromatic heterocycles. The largest absolute Gasteiger partial charge is 0.381 e. The number of rotatable bonds is 3. The second kappa shape index (κ2) is 4.29.